The third-order valence-electron chi connectivity index (χ3n) is 5.01. The number of anilines is 2. The van der Waals surface area contributed by atoms with Crippen LogP contribution in [-0.2, 0) is 4.79 Å². The number of carbonyl (C=O) groups excluding carboxylic acids is 1. The van der Waals surface area contributed by atoms with Gasteiger partial charge in [-0.3, -0.25) is 4.79 Å². The van der Waals surface area contributed by atoms with Gasteiger partial charge in [0.05, 0.1) is 40.1 Å². The number of ether oxygens (including phenoxy) is 2. The third kappa shape index (κ3) is 3.54. The zero-order chi connectivity index (χ0) is 20.7. The van der Waals surface area contributed by atoms with Gasteiger partial charge in [0.1, 0.15) is 11.5 Å². The number of fused-ring (bicyclic) bond motifs is 2. The monoisotopic (exact) mass is 440 g/mol. The summed E-state index contributed by atoms with van der Waals surface area (Å²) >= 11 is 3.08. The quantitative estimate of drug-likeness (QED) is 0.479. The Kier molecular flexibility index (Phi) is 4.92. The molecule has 7 nitrogen and oxygen atoms in total. The van der Waals surface area contributed by atoms with Gasteiger partial charge in [-0.15, -0.1) is 0 Å². The van der Waals surface area contributed by atoms with E-state index in [1.165, 1.54) is 11.3 Å². The van der Waals surface area contributed by atoms with Crippen LogP contribution in [0.3, 0.4) is 0 Å². The summed E-state index contributed by atoms with van der Waals surface area (Å²) in [6, 6.07) is 11.6. The van der Waals surface area contributed by atoms with Gasteiger partial charge < -0.3 is 19.7 Å². The number of thiazole rings is 2. The van der Waals surface area contributed by atoms with Crippen molar-refractivity contribution in [1.29, 1.82) is 0 Å². The molecule has 0 aliphatic carbocycles. The SMILES string of the molecule is CCOc1ccc2nc(NC(=O)C3CN(c4nc5ccc(OC)cc5s4)C3)sc2c1. The Labute approximate surface area is 181 Å². The normalized spacial score (nSPS) is 14.1. The van der Waals surface area contributed by atoms with Gasteiger partial charge in [-0.05, 0) is 43.3 Å². The molecule has 1 aliphatic heterocycles. The Balaban J connectivity index is 1.23. The van der Waals surface area contributed by atoms with E-state index in [1.807, 2.05) is 43.3 Å². The van der Waals surface area contributed by atoms with Gasteiger partial charge in [-0.1, -0.05) is 22.7 Å². The maximum Gasteiger partial charge on any atom is 0.232 e. The fraction of sp³-hybridized carbons (Fsp3) is 0.286. The van der Waals surface area contributed by atoms with Gasteiger partial charge in [-0.25, -0.2) is 9.97 Å². The molecule has 0 bridgehead atoms. The highest BCUT2D eigenvalue weighted by Gasteiger charge is 2.34. The van der Waals surface area contributed by atoms with E-state index in [1.54, 1.807) is 18.4 Å². The van der Waals surface area contributed by atoms with Gasteiger partial charge in [0, 0.05) is 13.1 Å². The van der Waals surface area contributed by atoms with Gasteiger partial charge in [0.15, 0.2) is 10.3 Å². The number of benzene rings is 2. The predicted octanol–water partition coefficient (Wildman–Crippen LogP) is 4.39. The third-order valence-corrected chi connectivity index (χ3v) is 7.02. The molecule has 1 saturated heterocycles. The molecule has 4 aromatic rings. The van der Waals surface area contributed by atoms with Crippen LogP contribution in [0.5, 0.6) is 11.5 Å². The average Bonchev–Trinajstić information content (AvgIpc) is 3.29. The molecule has 154 valence electrons. The van der Waals surface area contributed by atoms with Gasteiger partial charge in [-0.2, -0.15) is 0 Å². The molecule has 30 heavy (non-hydrogen) atoms. The molecule has 0 radical (unpaired) electrons. The van der Waals surface area contributed by atoms with Crippen LogP contribution in [0.25, 0.3) is 20.4 Å². The number of carbonyl (C=O) groups is 1. The largest absolute Gasteiger partial charge is 0.497 e. The van der Waals surface area contributed by atoms with Crippen LogP contribution in [0.4, 0.5) is 10.3 Å². The van der Waals surface area contributed by atoms with Crippen LogP contribution >= 0.6 is 22.7 Å². The highest BCUT2D eigenvalue weighted by Crippen LogP contribution is 2.35. The minimum Gasteiger partial charge on any atom is -0.497 e. The number of amides is 1. The average molecular weight is 441 g/mol. The molecule has 2 aromatic heterocycles. The summed E-state index contributed by atoms with van der Waals surface area (Å²) in [5, 5.41) is 4.52. The summed E-state index contributed by atoms with van der Waals surface area (Å²) < 4.78 is 12.9. The lowest BCUT2D eigenvalue weighted by Crippen LogP contribution is -2.52. The van der Waals surface area contributed by atoms with Crippen molar-refractivity contribution >= 4 is 59.3 Å². The van der Waals surface area contributed by atoms with Crippen molar-refractivity contribution in [3.8, 4) is 11.5 Å². The number of nitrogens with one attached hydrogen (secondary N) is 1. The molecule has 5 rings (SSSR count). The van der Waals surface area contributed by atoms with Crippen LogP contribution in [0.1, 0.15) is 6.92 Å². The first-order valence-electron chi connectivity index (χ1n) is 9.66. The van der Waals surface area contributed by atoms with Gasteiger partial charge in [0.2, 0.25) is 5.91 Å². The van der Waals surface area contributed by atoms with Crippen molar-refractivity contribution in [2.24, 2.45) is 5.92 Å². The molecule has 1 aliphatic rings. The summed E-state index contributed by atoms with van der Waals surface area (Å²) in [6.07, 6.45) is 0. The molecule has 1 N–H and O–H groups in total. The molecule has 3 heterocycles. The molecule has 0 spiro atoms. The van der Waals surface area contributed by atoms with E-state index in [-0.39, 0.29) is 11.8 Å². The number of hydrogen-bond acceptors (Lipinski definition) is 8. The smallest absolute Gasteiger partial charge is 0.232 e. The van der Waals surface area contributed by atoms with E-state index < -0.39 is 0 Å². The number of aromatic nitrogens is 2. The Morgan fingerprint density at radius 2 is 1.80 bits per heavy atom. The van der Waals surface area contributed by atoms with Crippen molar-refractivity contribution in [3.63, 3.8) is 0 Å². The van der Waals surface area contributed by atoms with E-state index in [0.29, 0.717) is 24.8 Å². The predicted molar refractivity (Wildman–Crippen MR) is 121 cm³/mol. The number of methoxy groups -OCH3 is 1. The first kappa shape index (κ1) is 19.1. The lowest BCUT2D eigenvalue weighted by molar-refractivity contribution is -0.120. The highest BCUT2D eigenvalue weighted by molar-refractivity contribution is 7.22. The Morgan fingerprint density at radius 3 is 2.57 bits per heavy atom. The summed E-state index contributed by atoms with van der Waals surface area (Å²) in [5.74, 6) is 1.56. The maximum atomic E-state index is 12.6. The molecular formula is C21H20N4O3S2. The van der Waals surface area contributed by atoms with E-state index in [2.05, 4.69) is 20.2 Å². The molecule has 2 aromatic carbocycles. The first-order chi connectivity index (χ1) is 14.6. The van der Waals surface area contributed by atoms with Crippen LogP contribution < -0.4 is 19.7 Å². The lowest BCUT2D eigenvalue weighted by Gasteiger charge is -2.37. The van der Waals surface area contributed by atoms with Crippen LogP contribution in [-0.4, -0.2) is 42.7 Å². The Bertz CT molecular complexity index is 1230. The van der Waals surface area contributed by atoms with Crippen LogP contribution in [0, 0.1) is 5.92 Å². The van der Waals surface area contributed by atoms with Crippen LogP contribution in [0.15, 0.2) is 36.4 Å². The molecule has 0 unspecified atom stereocenters. The molecule has 9 heteroatoms. The van der Waals surface area contributed by atoms with Gasteiger partial charge in [0.25, 0.3) is 0 Å². The zero-order valence-corrected chi connectivity index (χ0v) is 18.2. The molecule has 0 saturated carbocycles. The van der Waals surface area contributed by atoms with Crippen molar-refractivity contribution in [2.45, 2.75) is 6.92 Å². The second kappa shape index (κ2) is 7.73. The summed E-state index contributed by atoms with van der Waals surface area (Å²) in [6.45, 7) is 3.88. The van der Waals surface area contributed by atoms with E-state index in [4.69, 9.17) is 9.47 Å². The maximum absolute atomic E-state index is 12.6. The van der Waals surface area contributed by atoms with Gasteiger partial charge >= 0.3 is 0 Å². The number of hydrogen-bond donors (Lipinski definition) is 1. The number of rotatable bonds is 6. The fourth-order valence-electron chi connectivity index (χ4n) is 3.38. The summed E-state index contributed by atoms with van der Waals surface area (Å²) in [7, 11) is 1.66. The van der Waals surface area contributed by atoms with E-state index in [0.717, 1.165) is 37.1 Å². The Hall–Kier alpha value is -2.91. The Morgan fingerprint density at radius 1 is 1.10 bits per heavy atom. The standard InChI is InChI=1S/C21H20N4O3S2/c1-3-28-14-5-7-15-17(9-14)29-20(22-15)24-19(26)12-10-25(11-12)21-23-16-6-4-13(27-2)8-18(16)30-21/h4-9,12H,3,10-11H2,1-2H3,(H,22,24,26). The van der Waals surface area contributed by atoms with E-state index >= 15 is 0 Å². The fourth-order valence-corrected chi connectivity index (χ4v) is 5.29. The topological polar surface area (TPSA) is 76.6 Å². The van der Waals surface area contributed by atoms with Crippen molar-refractivity contribution < 1.29 is 14.3 Å². The minimum absolute atomic E-state index is 0.00174. The second-order valence-corrected chi connectivity index (χ2v) is 9.04. The first-order valence-corrected chi connectivity index (χ1v) is 11.3. The minimum atomic E-state index is -0.0717. The summed E-state index contributed by atoms with van der Waals surface area (Å²) in [4.78, 5) is 24.0. The molecular weight excluding hydrogens is 420 g/mol. The lowest BCUT2D eigenvalue weighted by atomic mass is 10.0. The van der Waals surface area contributed by atoms with E-state index in [9.17, 15) is 4.79 Å². The molecule has 1 amide bonds. The van der Waals surface area contributed by atoms with Crippen molar-refractivity contribution in [2.75, 3.05) is 37.0 Å². The van der Waals surface area contributed by atoms with Crippen molar-refractivity contribution in [1.82, 2.24) is 9.97 Å². The highest BCUT2D eigenvalue weighted by atomic mass is 32.1. The van der Waals surface area contributed by atoms with Crippen molar-refractivity contribution in [3.05, 3.63) is 36.4 Å². The number of nitrogens with zero attached hydrogens (tertiary/aromatic N) is 3. The zero-order valence-electron chi connectivity index (χ0n) is 16.5. The second-order valence-electron chi connectivity index (χ2n) is 7.00. The summed E-state index contributed by atoms with van der Waals surface area (Å²) in [5.41, 5.74) is 1.81. The molecule has 0 atom stereocenters. The van der Waals surface area contributed by atoms with Crippen LogP contribution in [0.2, 0.25) is 0 Å². The molecule has 1 fully saturated rings.